The van der Waals surface area contributed by atoms with Gasteiger partial charge in [0.1, 0.15) is 0 Å². The molecule has 2 rings (SSSR count). The smallest absolute Gasteiger partial charge is 0.0613 e. The number of rotatable bonds is 4. The van der Waals surface area contributed by atoms with Crippen LogP contribution in [0, 0.1) is 0 Å². The van der Waals surface area contributed by atoms with Gasteiger partial charge in [-0.3, -0.25) is 0 Å². The summed E-state index contributed by atoms with van der Waals surface area (Å²) < 4.78 is 0. The van der Waals surface area contributed by atoms with Crippen LogP contribution in [-0.4, -0.2) is 17.3 Å². The van der Waals surface area contributed by atoms with Gasteiger partial charge >= 0.3 is 0 Å². The SMILES string of the molecule is OCC1(NCc2cc(Cl)ccc2Cl)CC1. The fraction of sp³-hybridized carbons (Fsp3) is 0.455. The Morgan fingerprint density at radius 2 is 2.07 bits per heavy atom. The van der Waals surface area contributed by atoms with Gasteiger partial charge in [-0.15, -0.1) is 0 Å². The van der Waals surface area contributed by atoms with E-state index in [9.17, 15) is 0 Å². The zero-order chi connectivity index (χ0) is 10.9. The molecule has 0 bridgehead atoms. The summed E-state index contributed by atoms with van der Waals surface area (Å²) in [5.41, 5.74) is 0.912. The molecule has 82 valence electrons. The van der Waals surface area contributed by atoms with Crippen LogP contribution in [0.3, 0.4) is 0 Å². The second-order valence-electron chi connectivity index (χ2n) is 4.03. The average molecular weight is 246 g/mol. The summed E-state index contributed by atoms with van der Waals surface area (Å²) in [5, 5.41) is 13.8. The summed E-state index contributed by atoms with van der Waals surface area (Å²) in [6.45, 7) is 0.838. The highest BCUT2D eigenvalue weighted by atomic mass is 35.5. The van der Waals surface area contributed by atoms with Gasteiger partial charge in [0.15, 0.2) is 0 Å². The van der Waals surface area contributed by atoms with Gasteiger partial charge in [-0.05, 0) is 36.6 Å². The number of hydrogen-bond acceptors (Lipinski definition) is 2. The van der Waals surface area contributed by atoms with Gasteiger partial charge < -0.3 is 10.4 Å². The highest BCUT2D eigenvalue weighted by Crippen LogP contribution is 2.35. The van der Waals surface area contributed by atoms with E-state index in [2.05, 4.69) is 5.32 Å². The van der Waals surface area contributed by atoms with Crippen LogP contribution in [0.5, 0.6) is 0 Å². The van der Waals surface area contributed by atoms with Crippen molar-refractivity contribution in [1.82, 2.24) is 5.32 Å². The Morgan fingerprint density at radius 3 is 2.67 bits per heavy atom. The summed E-state index contributed by atoms with van der Waals surface area (Å²) in [5.74, 6) is 0. The molecule has 0 radical (unpaired) electrons. The standard InChI is InChI=1S/C11H13Cl2NO/c12-9-1-2-10(13)8(5-9)6-14-11(7-15)3-4-11/h1-2,5,14-15H,3-4,6-7H2. The number of halogens is 2. The van der Waals surface area contributed by atoms with Gasteiger partial charge in [-0.25, -0.2) is 0 Å². The minimum Gasteiger partial charge on any atom is -0.394 e. The summed E-state index contributed by atoms with van der Waals surface area (Å²) in [7, 11) is 0. The van der Waals surface area contributed by atoms with Crippen molar-refractivity contribution in [1.29, 1.82) is 0 Å². The van der Waals surface area contributed by atoms with Gasteiger partial charge in [-0.2, -0.15) is 0 Å². The molecule has 1 aliphatic rings. The lowest BCUT2D eigenvalue weighted by Gasteiger charge is -2.14. The number of nitrogens with one attached hydrogen (secondary N) is 1. The van der Waals surface area contributed by atoms with E-state index >= 15 is 0 Å². The molecule has 0 atom stereocenters. The first-order valence-electron chi connectivity index (χ1n) is 4.95. The molecule has 1 aromatic carbocycles. The fourth-order valence-corrected chi connectivity index (χ4v) is 1.88. The minimum absolute atomic E-state index is 0.0638. The van der Waals surface area contributed by atoms with Gasteiger partial charge in [0.25, 0.3) is 0 Å². The second kappa shape index (κ2) is 4.30. The van der Waals surface area contributed by atoms with Gasteiger partial charge in [0, 0.05) is 22.1 Å². The maximum absolute atomic E-state index is 9.14. The van der Waals surface area contributed by atoms with Crippen LogP contribution < -0.4 is 5.32 Å². The van der Waals surface area contributed by atoms with E-state index in [1.54, 1.807) is 12.1 Å². The quantitative estimate of drug-likeness (QED) is 0.855. The maximum Gasteiger partial charge on any atom is 0.0613 e. The average Bonchev–Trinajstić information content (AvgIpc) is 3.00. The monoisotopic (exact) mass is 245 g/mol. The molecule has 2 N–H and O–H groups in total. The van der Waals surface area contributed by atoms with Crippen molar-refractivity contribution in [2.24, 2.45) is 0 Å². The van der Waals surface area contributed by atoms with Crippen LogP contribution in [-0.2, 0) is 6.54 Å². The molecule has 15 heavy (non-hydrogen) atoms. The second-order valence-corrected chi connectivity index (χ2v) is 4.87. The van der Waals surface area contributed by atoms with E-state index in [-0.39, 0.29) is 12.1 Å². The van der Waals surface area contributed by atoms with Crippen LogP contribution in [0.25, 0.3) is 0 Å². The number of aliphatic hydroxyl groups excluding tert-OH is 1. The molecule has 0 unspecified atom stereocenters. The third-order valence-electron chi connectivity index (χ3n) is 2.82. The van der Waals surface area contributed by atoms with Crippen molar-refractivity contribution in [3.8, 4) is 0 Å². The Kier molecular flexibility index (Phi) is 3.21. The molecule has 0 heterocycles. The summed E-state index contributed by atoms with van der Waals surface area (Å²) in [6.07, 6.45) is 2.06. The molecule has 0 saturated heterocycles. The van der Waals surface area contributed by atoms with Gasteiger partial charge in [0.2, 0.25) is 0 Å². The first-order chi connectivity index (χ1) is 7.15. The minimum atomic E-state index is -0.0638. The van der Waals surface area contributed by atoms with Crippen LogP contribution >= 0.6 is 23.2 Å². The van der Waals surface area contributed by atoms with Crippen LogP contribution in [0.1, 0.15) is 18.4 Å². The molecule has 1 aliphatic carbocycles. The van der Waals surface area contributed by atoms with E-state index in [4.69, 9.17) is 28.3 Å². The van der Waals surface area contributed by atoms with Crippen LogP contribution in [0.4, 0.5) is 0 Å². The Morgan fingerprint density at radius 1 is 1.33 bits per heavy atom. The normalized spacial score (nSPS) is 17.8. The van der Waals surface area contributed by atoms with Gasteiger partial charge in [0.05, 0.1) is 6.61 Å². The van der Waals surface area contributed by atoms with E-state index in [0.717, 1.165) is 18.4 Å². The van der Waals surface area contributed by atoms with E-state index < -0.39 is 0 Å². The van der Waals surface area contributed by atoms with Crippen molar-refractivity contribution < 1.29 is 5.11 Å². The molecule has 0 spiro atoms. The lowest BCUT2D eigenvalue weighted by atomic mass is 10.2. The molecule has 1 saturated carbocycles. The maximum atomic E-state index is 9.14. The van der Waals surface area contributed by atoms with Crippen molar-refractivity contribution >= 4 is 23.2 Å². The Bertz CT molecular complexity index is 364. The fourth-order valence-electron chi connectivity index (χ4n) is 1.50. The van der Waals surface area contributed by atoms with E-state index in [1.165, 1.54) is 0 Å². The number of hydrogen-bond donors (Lipinski definition) is 2. The molecule has 4 heteroatoms. The first kappa shape index (κ1) is 11.2. The Balaban J connectivity index is 2.01. The molecule has 0 aliphatic heterocycles. The van der Waals surface area contributed by atoms with E-state index in [1.807, 2.05) is 6.07 Å². The third-order valence-corrected chi connectivity index (χ3v) is 3.42. The lowest BCUT2D eigenvalue weighted by Crippen LogP contribution is -2.34. The molecule has 1 aromatic rings. The van der Waals surface area contributed by atoms with Gasteiger partial charge in [-0.1, -0.05) is 23.2 Å². The largest absolute Gasteiger partial charge is 0.394 e. The molecule has 1 fully saturated rings. The predicted molar refractivity (Wildman–Crippen MR) is 62.4 cm³/mol. The molecule has 0 aromatic heterocycles. The first-order valence-corrected chi connectivity index (χ1v) is 5.71. The molecule has 2 nitrogen and oxygen atoms in total. The summed E-state index contributed by atoms with van der Waals surface area (Å²) in [4.78, 5) is 0. The molecular weight excluding hydrogens is 233 g/mol. The van der Waals surface area contributed by atoms with Crippen LogP contribution in [0.15, 0.2) is 18.2 Å². The highest BCUT2D eigenvalue weighted by Gasteiger charge is 2.41. The Labute approximate surface area is 99.2 Å². The van der Waals surface area contributed by atoms with Crippen molar-refractivity contribution in [3.05, 3.63) is 33.8 Å². The summed E-state index contributed by atoms with van der Waals surface area (Å²) in [6, 6.07) is 5.41. The lowest BCUT2D eigenvalue weighted by molar-refractivity contribution is 0.229. The van der Waals surface area contributed by atoms with Crippen molar-refractivity contribution in [2.45, 2.75) is 24.9 Å². The third kappa shape index (κ3) is 2.64. The highest BCUT2D eigenvalue weighted by molar-refractivity contribution is 6.33. The predicted octanol–water partition coefficient (Wildman–Crippen LogP) is 2.61. The van der Waals surface area contributed by atoms with Crippen molar-refractivity contribution in [2.75, 3.05) is 6.61 Å². The van der Waals surface area contributed by atoms with E-state index in [0.29, 0.717) is 16.6 Å². The molecular formula is C11H13Cl2NO. The topological polar surface area (TPSA) is 32.3 Å². The Hall–Kier alpha value is -0.280. The number of aliphatic hydroxyl groups is 1. The van der Waals surface area contributed by atoms with Crippen molar-refractivity contribution in [3.63, 3.8) is 0 Å². The molecule has 0 amide bonds. The zero-order valence-electron chi connectivity index (χ0n) is 8.26. The summed E-state index contributed by atoms with van der Waals surface area (Å²) >= 11 is 11.9. The van der Waals surface area contributed by atoms with Crippen LogP contribution in [0.2, 0.25) is 10.0 Å². The zero-order valence-corrected chi connectivity index (χ0v) is 9.78. The number of benzene rings is 1.